The number of alkyl halides is 3. The molecule has 0 bridgehead atoms. The van der Waals surface area contributed by atoms with E-state index in [-0.39, 0.29) is 17.6 Å². The van der Waals surface area contributed by atoms with Gasteiger partial charge >= 0.3 is 6.18 Å². The van der Waals surface area contributed by atoms with Crippen LogP contribution in [0, 0.1) is 6.92 Å². The van der Waals surface area contributed by atoms with Crippen molar-refractivity contribution in [2.24, 2.45) is 0 Å². The number of aryl methyl sites for hydroxylation is 1. The fraction of sp³-hybridized carbons (Fsp3) is 0.348. The van der Waals surface area contributed by atoms with E-state index in [1.807, 2.05) is 18.7 Å². The number of nitrogens with one attached hydrogen (secondary N) is 1. The van der Waals surface area contributed by atoms with Crippen LogP contribution in [0.3, 0.4) is 0 Å². The first kappa shape index (κ1) is 21.1. The van der Waals surface area contributed by atoms with Gasteiger partial charge in [0.1, 0.15) is 0 Å². The number of piperidine rings is 1. The summed E-state index contributed by atoms with van der Waals surface area (Å²) >= 11 is 0. The molecular weight excluding hydrogens is 405 g/mol. The van der Waals surface area contributed by atoms with E-state index in [1.54, 1.807) is 18.2 Å². The number of carbonyl (C=O) groups is 1. The average molecular weight is 428 g/mol. The number of anilines is 2. The Bertz CT molecular complexity index is 1130. The molecule has 1 amide bonds. The Balaban J connectivity index is 1.82. The summed E-state index contributed by atoms with van der Waals surface area (Å²) < 4.78 is 39.6. The molecule has 162 valence electrons. The lowest BCUT2D eigenvalue weighted by Gasteiger charge is -2.34. The van der Waals surface area contributed by atoms with E-state index in [9.17, 15) is 18.0 Å². The normalized spacial score (nSPS) is 17.1. The van der Waals surface area contributed by atoms with Crippen molar-refractivity contribution < 1.29 is 18.0 Å². The first-order valence-corrected chi connectivity index (χ1v) is 10.3. The molecule has 1 aliphatic heterocycles. The topological polar surface area (TPSA) is 58.1 Å². The highest BCUT2D eigenvalue weighted by Crippen LogP contribution is 2.34. The number of nitrogens with zero attached hydrogens (tertiary/aromatic N) is 3. The lowest BCUT2D eigenvalue weighted by atomic mass is 10.0. The zero-order chi connectivity index (χ0) is 22.2. The lowest BCUT2D eigenvalue weighted by Crippen LogP contribution is -2.42. The van der Waals surface area contributed by atoms with Crippen molar-refractivity contribution in [1.82, 2.24) is 14.9 Å². The molecule has 0 spiro atoms. The van der Waals surface area contributed by atoms with Gasteiger partial charge in [-0.25, -0.2) is 9.97 Å². The Morgan fingerprint density at radius 3 is 2.74 bits per heavy atom. The van der Waals surface area contributed by atoms with Crippen LogP contribution in [-0.2, 0) is 6.18 Å². The molecule has 3 heterocycles. The lowest BCUT2D eigenvalue weighted by molar-refractivity contribution is -0.137. The van der Waals surface area contributed by atoms with E-state index in [0.29, 0.717) is 28.8 Å². The summed E-state index contributed by atoms with van der Waals surface area (Å²) in [4.78, 5) is 24.0. The number of fused-ring (bicyclic) bond motifs is 1. The second kappa shape index (κ2) is 8.17. The van der Waals surface area contributed by atoms with Crippen molar-refractivity contribution in [2.75, 3.05) is 11.9 Å². The van der Waals surface area contributed by atoms with Gasteiger partial charge in [0.25, 0.3) is 5.91 Å². The molecule has 4 rings (SSSR count). The van der Waals surface area contributed by atoms with Crippen molar-refractivity contribution in [3.63, 3.8) is 0 Å². The predicted molar refractivity (Wildman–Crippen MR) is 113 cm³/mol. The van der Waals surface area contributed by atoms with Gasteiger partial charge < -0.3 is 10.2 Å². The second-order valence-corrected chi connectivity index (χ2v) is 7.92. The summed E-state index contributed by atoms with van der Waals surface area (Å²) in [7, 11) is 0. The van der Waals surface area contributed by atoms with Crippen LogP contribution >= 0.6 is 0 Å². The summed E-state index contributed by atoms with van der Waals surface area (Å²) in [5, 5.41) is 3.64. The molecule has 31 heavy (non-hydrogen) atoms. The van der Waals surface area contributed by atoms with Crippen LogP contribution in [0.4, 0.5) is 24.5 Å². The summed E-state index contributed by atoms with van der Waals surface area (Å²) in [5.41, 5.74) is 1.40. The minimum atomic E-state index is -4.46. The molecule has 1 fully saturated rings. The maximum absolute atomic E-state index is 13.4. The first-order valence-electron chi connectivity index (χ1n) is 10.3. The third-order valence-corrected chi connectivity index (χ3v) is 5.62. The minimum absolute atomic E-state index is 0.0921. The highest BCUT2D eigenvalue weighted by molar-refractivity contribution is 6.07. The van der Waals surface area contributed by atoms with Gasteiger partial charge in [-0.2, -0.15) is 13.2 Å². The first-order chi connectivity index (χ1) is 14.7. The van der Waals surface area contributed by atoms with E-state index in [1.165, 1.54) is 12.3 Å². The standard InChI is InChI=1S/C23H23F3N4O/c1-14-9-10-18-20(29-17-8-5-7-16(12-17)23(24,25)26)19(13-27-21(18)28-14)22(31)30-11-4-3-6-15(30)2/h5,7-10,12-13,15H,3-4,6,11H2,1-2H3,(H,27,28,29)/t15-/m0/s1. The second-order valence-electron chi connectivity index (χ2n) is 7.92. The van der Waals surface area contributed by atoms with Crippen molar-refractivity contribution in [1.29, 1.82) is 0 Å². The largest absolute Gasteiger partial charge is 0.416 e. The van der Waals surface area contributed by atoms with E-state index in [4.69, 9.17) is 0 Å². The molecule has 0 unspecified atom stereocenters. The maximum atomic E-state index is 13.4. The van der Waals surface area contributed by atoms with Gasteiger partial charge in [-0.05, 0) is 63.4 Å². The van der Waals surface area contributed by atoms with Crippen LogP contribution in [0.25, 0.3) is 11.0 Å². The number of rotatable bonds is 3. The molecule has 0 radical (unpaired) electrons. The molecule has 1 N–H and O–H groups in total. The van der Waals surface area contributed by atoms with Crippen molar-refractivity contribution in [2.45, 2.75) is 45.3 Å². The highest BCUT2D eigenvalue weighted by Gasteiger charge is 2.31. The Morgan fingerprint density at radius 2 is 2.00 bits per heavy atom. The molecule has 3 aromatic rings. The molecule has 0 aliphatic carbocycles. The maximum Gasteiger partial charge on any atom is 0.416 e. The number of carbonyl (C=O) groups excluding carboxylic acids is 1. The Labute approximate surface area is 178 Å². The number of halogens is 3. The molecular formula is C23H23F3N4O. The Hall–Kier alpha value is -3.16. The summed E-state index contributed by atoms with van der Waals surface area (Å²) in [6, 6.07) is 8.60. The van der Waals surface area contributed by atoms with E-state index in [2.05, 4.69) is 15.3 Å². The molecule has 1 atom stereocenters. The third-order valence-electron chi connectivity index (χ3n) is 5.62. The van der Waals surface area contributed by atoms with E-state index in [0.717, 1.165) is 37.1 Å². The summed E-state index contributed by atoms with van der Waals surface area (Å²) in [6.45, 7) is 4.49. The molecule has 1 aromatic carbocycles. The molecule has 2 aromatic heterocycles. The smallest absolute Gasteiger partial charge is 0.354 e. The number of pyridine rings is 2. The highest BCUT2D eigenvalue weighted by atomic mass is 19.4. The summed E-state index contributed by atoms with van der Waals surface area (Å²) in [6.07, 6.45) is -0.0789. The van der Waals surface area contributed by atoms with Crippen LogP contribution < -0.4 is 5.32 Å². The van der Waals surface area contributed by atoms with Crippen LogP contribution in [0.15, 0.2) is 42.6 Å². The molecule has 0 saturated carbocycles. The number of aromatic nitrogens is 2. The van der Waals surface area contributed by atoms with Gasteiger partial charge in [-0.1, -0.05) is 6.07 Å². The quantitative estimate of drug-likeness (QED) is 0.580. The minimum Gasteiger partial charge on any atom is -0.354 e. The van der Waals surface area contributed by atoms with Gasteiger partial charge in [0, 0.05) is 35.6 Å². The van der Waals surface area contributed by atoms with E-state index < -0.39 is 11.7 Å². The number of benzene rings is 1. The molecule has 1 saturated heterocycles. The van der Waals surface area contributed by atoms with Crippen LogP contribution in [0.5, 0.6) is 0 Å². The van der Waals surface area contributed by atoms with Crippen molar-refractivity contribution in [3.8, 4) is 0 Å². The number of likely N-dealkylation sites (tertiary alicyclic amines) is 1. The van der Waals surface area contributed by atoms with Crippen molar-refractivity contribution >= 4 is 28.3 Å². The van der Waals surface area contributed by atoms with Gasteiger partial charge in [0.15, 0.2) is 5.65 Å². The number of amides is 1. The third kappa shape index (κ3) is 4.33. The molecule has 5 nitrogen and oxygen atoms in total. The van der Waals surface area contributed by atoms with E-state index >= 15 is 0 Å². The van der Waals surface area contributed by atoms with Gasteiger partial charge in [-0.3, -0.25) is 4.79 Å². The van der Waals surface area contributed by atoms with Crippen LogP contribution in [0.1, 0.15) is 47.8 Å². The van der Waals surface area contributed by atoms with Gasteiger partial charge in [0.05, 0.1) is 16.8 Å². The fourth-order valence-corrected chi connectivity index (χ4v) is 3.94. The van der Waals surface area contributed by atoms with Gasteiger partial charge in [-0.15, -0.1) is 0 Å². The zero-order valence-electron chi connectivity index (χ0n) is 17.3. The van der Waals surface area contributed by atoms with Crippen LogP contribution in [0.2, 0.25) is 0 Å². The zero-order valence-corrected chi connectivity index (χ0v) is 17.3. The Morgan fingerprint density at radius 1 is 1.19 bits per heavy atom. The summed E-state index contributed by atoms with van der Waals surface area (Å²) in [5.74, 6) is -0.184. The fourth-order valence-electron chi connectivity index (χ4n) is 3.94. The predicted octanol–water partition coefficient (Wildman–Crippen LogP) is 5.72. The molecule has 1 aliphatic rings. The van der Waals surface area contributed by atoms with Gasteiger partial charge in [0.2, 0.25) is 0 Å². The SMILES string of the molecule is Cc1ccc2c(Nc3cccc(C(F)(F)F)c3)c(C(=O)N3CCCC[C@@H]3C)cnc2n1. The monoisotopic (exact) mass is 428 g/mol. The number of hydrogen-bond acceptors (Lipinski definition) is 4. The van der Waals surface area contributed by atoms with Crippen molar-refractivity contribution in [3.05, 3.63) is 59.4 Å². The Kier molecular flexibility index (Phi) is 5.56. The number of hydrogen-bond donors (Lipinski definition) is 1. The average Bonchev–Trinajstić information content (AvgIpc) is 2.73. The van der Waals surface area contributed by atoms with Crippen LogP contribution in [-0.4, -0.2) is 33.4 Å². The molecule has 8 heteroatoms.